The molecule has 0 saturated heterocycles. The van der Waals surface area contributed by atoms with Crippen molar-refractivity contribution in [3.8, 4) is 11.4 Å². The third kappa shape index (κ3) is 4.96. The van der Waals surface area contributed by atoms with E-state index in [9.17, 15) is 9.18 Å². The number of para-hydroxylation sites is 2. The molecule has 8 nitrogen and oxygen atoms in total. The van der Waals surface area contributed by atoms with Gasteiger partial charge in [-0.25, -0.2) is 4.39 Å². The Morgan fingerprint density at radius 1 is 1.12 bits per heavy atom. The van der Waals surface area contributed by atoms with Gasteiger partial charge in [0.1, 0.15) is 6.61 Å². The largest absolute Gasteiger partial charge is 0.483 e. The number of nitrogens with one attached hydrogen (secondary N) is 1. The molecule has 1 atom stereocenters. The molecular formula is C24H25FN6O2S. The lowest BCUT2D eigenvalue weighted by Gasteiger charge is -2.14. The van der Waals surface area contributed by atoms with E-state index >= 15 is 0 Å². The standard InChI is InChI=1S/C24H25FN6O2S/c1-15-22(16(2)30(4)29-15)26-23(32)17(3)34-24-28-27-21(31(24)18-10-6-5-7-11-18)14-33-20-13-9-8-12-19(20)25/h5-13,17H,14H2,1-4H3,(H,26,32). The second-order valence-corrected chi connectivity index (χ2v) is 9.02. The van der Waals surface area contributed by atoms with Gasteiger partial charge in [0.05, 0.1) is 22.3 Å². The molecule has 0 aliphatic carbocycles. The van der Waals surface area contributed by atoms with Gasteiger partial charge in [-0.05, 0) is 45.0 Å². The number of carbonyl (C=O) groups is 1. The van der Waals surface area contributed by atoms with Crippen LogP contribution in [0.3, 0.4) is 0 Å². The van der Waals surface area contributed by atoms with Crippen LogP contribution in [0.25, 0.3) is 5.69 Å². The zero-order valence-electron chi connectivity index (χ0n) is 19.3. The zero-order valence-corrected chi connectivity index (χ0v) is 20.1. The van der Waals surface area contributed by atoms with Crippen LogP contribution in [0.1, 0.15) is 24.1 Å². The fraction of sp³-hybridized carbons (Fsp3) is 0.250. The molecule has 0 saturated carbocycles. The maximum atomic E-state index is 14.0. The van der Waals surface area contributed by atoms with Gasteiger partial charge in [-0.3, -0.25) is 14.0 Å². The van der Waals surface area contributed by atoms with E-state index < -0.39 is 11.1 Å². The summed E-state index contributed by atoms with van der Waals surface area (Å²) in [6.07, 6.45) is 0. The van der Waals surface area contributed by atoms with Gasteiger partial charge in [-0.2, -0.15) is 5.10 Å². The predicted molar refractivity (Wildman–Crippen MR) is 129 cm³/mol. The molecule has 1 unspecified atom stereocenters. The van der Waals surface area contributed by atoms with Crippen LogP contribution in [-0.4, -0.2) is 35.7 Å². The molecule has 1 N–H and O–H groups in total. The van der Waals surface area contributed by atoms with Crippen molar-refractivity contribution < 1.29 is 13.9 Å². The molecule has 4 rings (SSSR count). The lowest BCUT2D eigenvalue weighted by atomic mass is 10.3. The van der Waals surface area contributed by atoms with E-state index in [1.54, 1.807) is 29.8 Å². The van der Waals surface area contributed by atoms with Crippen LogP contribution in [0.4, 0.5) is 10.1 Å². The minimum absolute atomic E-state index is 0.0119. The van der Waals surface area contributed by atoms with Gasteiger partial charge in [-0.15, -0.1) is 10.2 Å². The summed E-state index contributed by atoms with van der Waals surface area (Å²) in [5.41, 5.74) is 3.16. The molecule has 1 amide bonds. The average Bonchev–Trinajstić information content (AvgIpc) is 3.33. The number of hydrogen-bond donors (Lipinski definition) is 1. The molecular weight excluding hydrogens is 455 g/mol. The minimum Gasteiger partial charge on any atom is -0.483 e. The summed E-state index contributed by atoms with van der Waals surface area (Å²) >= 11 is 1.28. The zero-order chi connectivity index (χ0) is 24.2. The fourth-order valence-corrected chi connectivity index (χ4v) is 4.29. The van der Waals surface area contributed by atoms with Crippen molar-refractivity contribution in [3.63, 3.8) is 0 Å². The Hall–Kier alpha value is -3.66. The quantitative estimate of drug-likeness (QED) is 0.375. The number of hydrogen-bond acceptors (Lipinski definition) is 6. The number of halogens is 1. The Labute approximate surface area is 201 Å². The van der Waals surface area contributed by atoms with Gasteiger partial charge in [-0.1, -0.05) is 42.1 Å². The number of amides is 1. The van der Waals surface area contributed by atoms with Crippen molar-refractivity contribution in [2.75, 3.05) is 5.32 Å². The first-order chi connectivity index (χ1) is 16.3. The maximum absolute atomic E-state index is 14.0. The van der Waals surface area contributed by atoms with E-state index in [1.165, 1.54) is 17.8 Å². The molecule has 0 fully saturated rings. The summed E-state index contributed by atoms with van der Waals surface area (Å²) in [7, 11) is 1.84. The Morgan fingerprint density at radius 2 is 1.82 bits per heavy atom. The van der Waals surface area contributed by atoms with Crippen molar-refractivity contribution >= 4 is 23.4 Å². The highest BCUT2D eigenvalue weighted by molar-refractivity contribution is 8.00. The summed E-state index contributed by atoms with van der Waals surface area (Å²) in [6, 6.07) is 15.7. The van der Waals surface area contributed by atoms with Gasteiger partial charge < -0.3 is 10.1 Å². The van der Waals surface area contributed by atoms with E-state index in [0.29, 0.717) is 16.7 Å². The lowest BCUT2D eigenvalue weighted by Crippen LogP contribution is -2.23. The van der Waals surface area contributed by atoms with E-state index in [0.717, 1.165) is 17.1 Å². The third-order valence-corrected chi connectivity index (χ3v) is 6.36. The van der Waals surface area contributed by atoms with Crippen molar-refractivity contribution in [2.24, 2.45) is 7.05 Å². The molecule has 176 valence electrons. The highest BCUT2D eigenvalue weighted by Gasteiger charge is 2.23. The normalized spacial score (nSPS) is 11.9. The van der Waals surface area contributed by atoms with Crippen molar-refractivity contribution in [1.82, 2.24) is 24.5 Å². The number of aromatic nitrogens is 5. The monoisotopic (exact) mass is 480 g/mol. The first-order valence-corrected chi connectivity index (χ1v) is 11.6. The SMILES string of the molecule is Cc1nn(C)c(C)c1NC(=O)C(C)Sc1nnc(COc2ccccc2F)n1-c1ccccc1. The molecule has 2 aromatic heterocycles. The highest BCUT2D eigenvalue weighted by Crippen LogP contribution is 2.28. The van der Waals surface area contributed by atoms with Gasteiger partial charge in [0, 0.05) is 12.7 Å². The van der Waals surface area contributed by atoms with Crippen LogP contribution in [0.5, 0.6) is 5.75 Å². The summed E-state index contributed by atoms with van der Waals surface area (Å²) in [4.78, 5) is 12.9. The van der Waals surface area contributed by atoms with Gasteiger partial charge in [0.25, 0.3) is 0 Å². The molecule has 0 radical (unpaired) electrons. The molecule has 0 bridgehead atoms. The van der Waals surface area contributed by atoms with Gasteiger partial charge >= 0.3 is 0 Å². The maximum Gasteiger partial charge on any atom is 0.237 e. The topological polar surface area (TPSA) is 86.9 Å². The third-order valence-electron chi connectivity index (χ3n) is 5.32. The molecule has 4 aromatic rings. The van der Waals surface area contributed by atoms with Crippen LogP contribution in [0.15, 0.2) is 59.8 Å². The molecule has 34 heavy (non-hydrogen) atoms. The average molecular weight is 481 g/mol. The number of rotatable bonds is 8. The van der Waals surface area contributed by atoms with Crippen molar-refractivity contribution in [1.29, 1.82) is 0 Å². The number of aryl methyl sites for hydroxylation is 2. The second kappa shape index (κ2) is 10.1. The first-order valence-electron chi connectivity index (χ1n) is 10.7. The minimum atomic E-state index is -0.467. The van der Waals surface area contributed by atoms with Crippen LogP contribution in [-0.2, 0) is 18.4 Å². The summed E-state index contributed by atoms with van der Waals surface area (Å²) < 4.78 is 23.2. The molecule has 2 heterocycles. The number of thioether (sulfide) groups is 1. The highest BCUT2D eigenvalue weighted by atomic mass is 32.2. The number of carbonyl (C=O) groups excluding carboxylic acids is 1. The molecule has 10 heteroatoms. The van der Waals surface area contributed by atoms with Crippen LogP contribution in [0, 0.1) is 19.7 Å². The number of nitrogens with zero attached hydrogens (tertiary/aromatic N) is 5. The number of ether oxygens (including phenoxy) is 1. The molecule has 0 spiro atoms. The van der Waals surface area contributed by atoms with E-state index in [4.69, 9.17) is 4.74 Å². The van der Waals surface area contributed by atoms with Crippen molar-refractivity contribution in [2.45, 2.75) is 37.8 Å². The molecule has 2 aromatic carbocycles. The first kappa shape index (κ1) is 23.5. The second-order valence-electron chi connectivity index (χ2n) is 7.71. The van der Waals surface area contributed by atoms with E-state index in [-0.39, 0.29) is 18.3 Å². The number of anilines is 1. The smallest absolute Gasteiger partial charge is 0.237 e. The lowest BCUT2D eigenvalue weighted by molar-refractivity contribution is -0.115. The van der Waals surface area contributed by atoms with E-state index in [1.807, 2.05) is 55.8 Å². The molecule has 0 aliphatic rings. The fourth-order valence-electron chi connectivity index (χ4n) is 3.40. The van der Waals surface area contributed by atoms with E-state index in [2.05, 4.69) is 20.6 Å². The Morgan fingerprint density at radius 3 is 2.50 bits per heavy atom. The Balaban J connectivity index is 1.56. The Bertz CT molecular complexity index is 1300. The van der Waals surface area contributed by atoms with Gasteiger partial charge in [0.15, 0.2) is 22.5 Å². The predicted octanol–water partition coefficient (Wildman–Crippen LogP) is 4.46. The van der Waals surface area contributed by atoms with Crippen LogP contribution >= 0.6 is 11.8 Å². The van der Waals surface area contributed by atoms with Gasteiger partial charge in [0.2, 0.25) is 5.91 Å². The van der Waals surface area contributed by atoms with Crippen molar-refractivity contribution in [3.05, 3.63) is 77.6 Å². The molecule has 0 aliphatic heterocycles. The Kier molecular flexibility index (Phi) is 6.97. The van der Waals surface area contributed by atoms with Crippen LogP contribution < -0.4 is 10.1 Å². The summed E-state index contributed by atoms with van der Waals surface area (Å²) in [5, 5.41) is 15.9. The summed E-state index contributed by atoms with van der Waals surface area (Å²) in [5.74, 6) is 0.00269. The summed E-state index contributed by atoms with van der Waals surface area (Å²) in [6.45, 7) is 5.58. The number of benzene rings is 2. The van der Waals surface area contributed by atoms with Crippen LogP contribution in [0.2, 0.25) is 0 Å².